The first kappa shape index (κ1) is 17.3. The minimum absolute atomic E-state index is 0.320. The van der Waals surface area contributed by atoms with Crippen LogP contribution in [0.5, 0.6) is 0 Å². The molecule has 1 heterocycles. The molecule has 1 fully saturated rings. The third-order valence-corrected chi connectivity index (χ3v) is 3.98. The number of hydrogen-bond acceptors (Lipinski definition) is 3. The molecule has 1 saturated carbocycles. The van der Waals surface area contributed by atoms with Gasteiger partial charge in [0.25, 0.3) is 0 Å². The Morgan fingerprint density at radius 3 is 2.35 bits per heavy atom. The Morgan fingerprint density at radius 2 is 1.87 bits per heavy atom. The van der Waals surface area contributed by atoms with Crippen molar-refractivity contribution in [2.24, 2.45) is 0 Å². The van der Waals surface area contributed by atoms with E-state index >= 15 is 0 Å². The van der Waals surface area contributed by atoms with Crippen LogP contribution >= 0.6 is 0 Å². The molecule has 0 radical (unpaired) electrons. The van der Waals surface area contributed by atoms with Crippen molar-refractivity contribution in [2.45, 2.75) is 56.8 Å². The van der Waals surface area contributed by atoms with Gasteiger partial charge in [-0.1, -0.05) is 25.7 Å². The maximum absolute atomic E-state index is 12.5. The van der Waals surface area contributed by atoms with E-state index in [2.05, 4.69) is 10.4 Å². The number of amides is 1. The molecular weight excluding hydrogens is 315 g/mol. The fourth-order valence-corrected chi connectivity index (χ4v) is 2.78. The van der Waals surface area contributed by atoms with Crippen LogP contribution < -0.4 is 5.32 Å². The quantitative estimate of drug-likeness (QED) is 0.827. The van der Waals surface area contributed by atoms with Crippen LogP contribution in [0.15, 0.2) is 12.3 Å². The molecule has 0 aromatic carbocycles. The van der Waals surface area contributed by atoms with Crippen molar-refractivity contribution in [1.82, 2.24) is 15.1 Å². The molecule has 0 saturated heterocycles. The van der Waals surface area contributed by atoms with Crippen LogP contribution in [0, 0.1) is 0 Å². The van der Waals surface area contributed by atoms with Gasteiger partial charge in [0.05, 0.1) is 0 Å². The number of rotatable bonds is 4. The minimum Gasteiger partial charge on any atom is -0.480 e. The van der Waals surface area contributed by atoms with Crippen LogP contribution in [-0.2, 0) is 22.3 Å². The lowest BCUT2D eigenvalue weighted by molar-refractivity contribution is -0.148. The highest BCUT2D eigenvalue weighted by Crippen LogP contribution is 2.28. The van der Waals surface area contributed by atoms with Gasteiger partial charge in [0.1, 0.15) is 12.1 Å². The molecule has 0 aliphatic heterocycles. The monoisotopic (exact) mass is 333 g/mol. The van der Waals surface area contributed by atoms with Gasteiger partial charge in [0.15, 0.2) is 5.69 Å². The van der Waals surface area contributed by atoms with Gasteiger partial charge < -0.3 is 10.4 Å². The standard InChI is InChI=1S/C14H18F3N3O3/c15-14(16,17)10-5-8-20(19-10)9-11(21)18-13(12(22)23)6-3-1-2-4-7-13/h5,8H,1-4,6-7,9H2,(H,18,21)(H,22,23). The summed E-state index contributed by atoms with van der Waals surface area (Å²) in [5.74, 6) is -1.77. The third-order valence-electron chi connectivity index (χ3n) is 3.98. The molecule has 9 heteroatoms. The number of aliphatic carboxylic acids is 1. The topological polar surface area (TPSA) is 84.2 Å². The molecule has 0 bridgehead atoms. The van der Waals surface area contributed by atoms with Crippen molar-refractivity contribution in [3.05, 3.63) is 18.0 Å². The lowest BCUT2D eigenvalue weighted by Crippen LogP contribution is -2.55. The Bertz CT molecular complexity index is 575. The summed E-state index contributed by atoms with van der Waals surface area (Å²) in [6, 6.07) is 0.770. The van der Waals surface area contributed by atoms with Crippen LogP contribution in [-0.4, -0.2) is 32.3 Å². The number of hydrogen-bond donors (Lipinski definition) is 2. The smallest absolute Gasteiger partial charge is 0.435 e. The van der Waals surface area contributed by atoms with Crippen molar-refractivity contribution >= 4 is 11.9 Å². The van der Waals surface area contributed by atoms with Gasteiger partial charge in [-0.15, -0.1) is 0 Å². The zero-order valence-electron chi connectivity index (χ0n) is 12.4. The highest BCUT2D eigenvalue weighted by molar-refractivity contribution is 5.86. The van der Waals surface area contributed by atoms with Crippen LogP contribution in [0.1, 0.15) is 44.2 Å². The molecule has 2 rings (SSSR count). The van der Waals surface area contributed by atoms with Gasteiger partial charge in [-0.2, -0.15) is 18.3 Å². The van der Waals surface area contributed by atoms with Gasteiger partial charge in [-0.25, -0.2) is 4.79 Å². The van der Waals surface area contributed by atoms with Crippen molar-refractivity contribution in [3.8, 4) is 0 Å². The van der Waals surface area contributed by atoms with Crippen LogP contribution in [0.4, 0.5) is 13.2 Å². The number of carboxylic acids is 1. The zero-order chi connectivity index (χ0) is 17.1. The molecule has 1 aliphatic carbocycles. The number of carbonyl (C=O) groups excluding carboxylic acids is 1. The summed E-state index contributed by atoms with van der Waals surface area (Å²) in [6.45, 7) is -0.453. The maximum Gasteiger partial charge on any atom is 0.435 e. The van der Waals surface area contributed by atoms with E-state index in [4.69, 9.17) is 0 Å². The fourth-order valence-electron chi connectivity index (χ4n) is 2.78. The molecule has 0 atom stereocenters. The fraction of sp³-hybridized carbons (Fsp3) is 0.643. The lowest BCUT2D eigenvalue weighted by Gasteiger charge is -2.29. The van der Waals surface area contributed by atoms with E-state index in [1.807, 2.05) is 0 Å². The number of carbonyl (C=O) groups is 2. The largest absolute Gasteiger partial charge is 0.480 e. The number of nitrogens with one attached hydrogen (secondary N) is 1. The number of halogens is 3. The average Bonchev–Trinajstić information content (AvgIpc) is 2.77. The highest BCUT2D eigenvalue weighted by Gasteiger charge is 2.40. The number of nitrogens with zero attached hydrogens (tertiary/aromatic N) is 2. The van der Waals surface area contributed by atoms with Crippen molar-refractivity contribution in [2.75, 3.05) is 0 Å². The van der Waals surface area contributed by atoms with E-state index in [1.165, 1.54) is 0 Å². The normalized spacial score (nSPS) is 18.2. The first-order valence-corrected chi connectivity index (χ1v) is 7.38. The average molecular weight is 333 g/mol. The Balaban J connectivity index is 2.05. The molecule has 0 spiro atoms. The van der Waals surface area contributed by atoms with Crippen molar-refractivity contribution in [1.29, 1.82) is 0 Å². The predicted molar refractivity (Wildman–Crippen MR) is 73.4 cm³/mol. The molecule has 1 aliphatic rings. The molecule has 0 unspecified atom stereocenters. The van der Waals surface area contributed by atoms with Gasteiger partial charge in [-0.05, 0) is 18.9 Å². The van der Waals surface area contributed by atoms with E-state index in [1.54, 1.807) is 0 Å². The van der Waals surface area contributed by atoms with Gasteiger partial charge >= 0.3 is 12.1 Å². The Morgan fingerprint density at radius 1 is 1.26 bits per heavy atom. The first-order valence-electron chi connectivity index (χ1n) is 7.38. The second-order valence-corrected chi connectivity index (χ2v) is 5.75. The summed E-state index contributed by atoms with van der Waals surface area (Å²) in [7, 11) is 0. The summed E-state index contributed by atoms with van der Waals surface area (Å²) >= 11 is 0. The molecule has 2 N–H and O–H groups in total. The Labute approximate surface area is 130 Å². The van der Waals surface area contributed by atoms with Gasteiger partial charge in [0, 0.05) is 6.20 Å². The van der Waals surface area contributed by atoms with Crippen LogP contribution in [0.25, 0.3) is 0 Å². The molecule has 1 aromatic rings. The second-order valence-electron chi connectivity index (χ2n) is 5.75. The number of carboxylic acid groups (broad SMARTS) is 1. The molecule has 23 heavy (non-hydrogen) atoms. The van der Waals surface area contributed by atoms with E-state index in [0.717, 1.165) is 29.8 Å². The van der Waals surface area contributed by atoms with Gasteiger partial charge in [0.2, 0.25) is 5.91 Å². The summed E-state index contributed by atoms with van der Waals surface area (Å²) in [5.41, 5.74) is -2.43. The van der Waals surface area contributed by atoms with Gasteiger partial charge in [-0.3, -0.25) is 9.48 Å². The highest BCUT2D eigenvalue weighted by atomic mass is 19.4. The predicted octanol–water partition coefficient (Wildman–Crippen LogP) is 2.20. The molecule has 6 nitrogen and oxygen atoms in total. The second kappa shape index (κ2) is 6.59. The maximum atomic E-state index is 12.5. The Kier molecular flexibility index (Phi) is 4.96. The third kappa shape index (κ3) is 4.23. The Hall–Kier alpha value is -2.06. The van der Waals surface area contributed by atoms with E-state index in [9.17, 15) is 27.9 Å². The van der Waals surface area contributed by atoms with Crippen LogP contribution in [0.3, 0.4) is 0 Å². The van der Waals surface area contributed by atoms with E-state index in [0.29, 0.717) is 25.7 Å². The number of aromatic nitrogens is 2. The minimum atomic E-state index is -4.58. The summed E-state index contributed by atoms with van der Waals surface area (Å²) in [4.78, 5) is 23.6. The molecule has 1 amide bonds. The molecular formula is C14H18F3N3O3. The molecule has 1 aromatic heterocycles. The van der Waals surface area contributed by atoms with Crippen LogP contribution in [0.2, 0.25) is 0 Å². The van der Waals surface area contributed by atoms with E-state index < -0.39 is 35.8 Å². The summed E-state index contributed by atoms with van der Waals surface area (Å²) in [6.07, 6.45) is 0.285. The summed E-state index contributed by atoms with van der Waals surface area (Å²) in [5, 5.41) is 15.2. The zero-order valence-corrected chi connectivity index (χ0v) is 12.4. The number of alkyl halides is 3. The summed E-state index contributed by atoms with van der Waals surface area (Å²) < 4.78 is 38.3. The van der Waals surface area contributed by atoms with Crippen molar-refractivity contribution in [3.63, 3.8) is 0 Å². The first-order chi connectivity index (χ1) is 10.7. The van der Waals surface area contributed by atoms with Crippen molar-refractivity contribution < 1.29 is 27.9 Å². The molecule has 128 valence electrons. The van der Waals surface area contributed by atoms with E-state index in [-0.39, 0.29) is 0 Å². The lowest BCUT2D eigenvalue weighted by atomic mass is 9.90. The SMILES string of the molecule is O=C(Cn1ccc(C(F)(F)F)n1)NC1(C(=O)O)CCCCCC1.